The zero-order valence-electron chi connectivity index (χ0n) is 50.6. The minimum absolute atomic E-state index is 0.0184. The Bertz CT molecular complexity index is 2090. The molecule has 0 radical (unpaired) electrons. The Labute approximate surface area is 474 Å². The lowest BCUT2D eigenvalue weighted by Gasteiger charge is -2.46. The normalized spacial score (nSPS) is 22.3. The summed E-state index contributed by atoms with van der Waals surface area (Å²) in [5.74, 6) is -3.58. The topological polar surface area (TPSA) is 166 Å². The number of hydrogen-bond donors (Lipinski definition) is 3. The van der Waals surface area contributed by atoms with Gasteiger partial charge in [-0.15, -0.1) is 0 Å². The van der Waals surface area contributed by atoms with Crippen molar-refractivity contribution in [2.45, 2.75) is 255 Å². The van der Waals surface area contributed by atoms with E-state index in [-0.39, 0.29) is 55.5 Å². The van der Waals surface area contributed by atoms with Crippen molar-refractivity contribution in [3.8, 4) is 0 Å². The van der Waals surface area contributed by atoms with Gasteiger partial charge < -0.3 is 34.3 Å². The van der Waals surface area contributed by atoms with Crippen molar-refractivity contribution >= 4 is 23.9 Å². The summed E-state index contributed by atoms with van der Waals surface area (Å²) in [6.07, 6.45) is -33.5. The predicted octanol–water partition coefficient (Wildman–Crippen LogP) is 15.3. The molecule has 2 saturated carbocycles. The van der Waals surface area contributed by atoms with E-state index in [9.17, 15) is 114 Å². The molecule has 0 aromatic heterocycles. The molecule has 2 aliphatic rings. The molecule has 494 valence electrons. The fourth-order valence-electron chi connectivity index (χ4n) is 8.86. The SMILES string of the molecule is CC1C2CC(C1C)C(C)(C(=O)OC(C)(C)C(O)(C(F)(F)F)C(F)(F)F)C2.CCC(C)(C(=O)OCC(C)C)C(F)(F)F.CCC(C)(C)C(=O)OC(C)(C)C(O)(C(F)(F)F)C(F)(F)F.CCC(C)(C)C(=O)OC(CC(C)C)CC(C)(O)C(F)(F)F. The van der Waals surface area contributed by atoms with E-state index in [1.807, 2.05) is 34.6 Å². The molecule has 2 rings (SSSR count). The lowest BCUT2D eigenvalue weighted by Crippen LogP contribution is -2.70. The van der Waals surface area contributed by atoms with Crippen molar-refractivity contribution in [1.82, 2.24) is 0 Å². The third-order valence-electron chi connectivity index (χ3n) is 16.3. The van der Waals surface area contributed by atoms with Crippen molar-refractivity contribution in [3.63, 3.8) is 0 Å². The van der Waals surface area contributed by atoms with E-state index < -0.39 is 123 Å². The van der Waals surface area contributed by atoms with E-state index in [0.29, 0.717) is 59.8 Å². The second-order valence-corrected chi connectivity index (χ2v) is 25.4. The number of carbonyl (C=O) groups excluding carboxylic acids is 4. The Morgan fingerprint density at radius 2 is 0.892 bits per heavy atom. The molecule has 3 N–H and O–H groups in total. The summed E-state index contributed by atoms with van der Waals surface area (Å²) in [4.78, 5) is 47.7. The van der Waals surface area contributed by atoms with Crippen molar-refractivity contribution < 1.29 is 132 Å². The Morgan fingerprint density at radius 1 is 0.518 bits per heavy atom. The third-order valence-corrected chi connectivity index (χ3v) is 16.3. The summed E-state index contributed by atoms with van der Waals surface area (Å²) >= 11 is 0. The van der Waals surface area contributed by atoms with Gasteiger partial charge in [-0.2, -0.15) is 79.0 Å². The summed E-state index contributed by atoms with van der Waals surface area (Å²) in [5.41, 5.74) is -25.3. The molecule has 11 nitrogen and oxygen atoms in total. The first-order valence-corrected chi connectivity index (χ1v) is 26.6. The van der Waals surface area contributed by atoms with Gasteiger partial charge in [-0.05, 0) is 150 Å². The van der Waals surface area contributed by atoms with Crippen LogP contribution in [-0.2, 0) is 38.1 Å². The van der Waals surface area contributed by atoms with E-state index >= 15 is 0 Å². The maximum absolute atomic E-state index is 13.1. The largest absolute Gasteiger partial charge is 0.465 e. The highest BCUT2D eigenvalue weighted by Gasteiger charge is 2.80. The molecule has 0 heterocycles. The van der Waals surface area contributed by atoms with Gasteiger partial charge in [-0.25, -0.2) is 0 Å². The van der Waals surface area contributed by atoms with Crippen LogP contribution in [0.4, 0.5) is 79.0 Å². The van der Waals surface area contributed by atoms with Crippen LogP contribution >= 0.6 is 0 Å². The van der Waals surface area contributed by atoms with Crippen LogP contribution in [0.15, 0.2) is 0 Å². The maximum atomic E-state index is 13.1. The van der Waals surface area contributed by atoms with E-state index in [0.717, 1.165) is 6.92 Å². The van der Waals surface area contributed by atoms with Crippen LogP contribution in [0.2, 0.25) is 0 Å². The van der Waals surface area contributed by atoms with Gasteiger partial charge in [0.2, 0.25) is 0 Å². The monoisotopic (exact) mass is 1250 g/mol. The molecule has 8 atom stereocenters. The lowest BCUT2D eigenvalue weighted by atomic mass is 9.66. The minimum Gasteiger partial charge on any atom is -0.465 e. The summed E-state index contributed by atoms with van der Waals surface area (Å²) in [6, 6.07) is 0. The van der Waals surface area contributed by atoms with Crippen molar-refractivity contribution in [2.24, 2.45) is 57.2 Å². The first-order chi connectivity index (χ1) is 36.2. The van der Waals surface area contributed by atoms with Gasteiger partial charge in [0.25, 0.3) is 11.2 Å². The summed E-state index contributed by atoms with van der Waals surface area (Å²) in [6.45, 7) is 26.5. The first kappa shape index (κ1) is 81.6. The number of hydrogen-bond acceptors (Lipinski definition) is 11. The van der Waals surface area contributed by atoms with E-state index in [2.05, 4.69) is 9.47 Å². The number of alkyl halides is 18. The minimum atomic E-state index is -6.06. The van der Waals surface area contributed by atoms with E-state index in [1.54, 1.807) is 27.7 Å². The van der Waals surface area contributed by atoms with Gasteiger partial charge in [-0.1, -0.05) is 62.3 Å². The quantitative estimate of drug-likeness (QED) is 0.0679. The molecule has 0 saturated heterocycles. The van der Waals surface area contributed by atoms with Crippen LogP contribution in [-0.4, -0.2) is 117 Å². The number of halogens is 18. The number of esters is 4. The smallest absolute Gasteiger partial charge is 0.430 e. The highest BCUT2D eigenvalue weighted by Crippen LogP contribution is 2.62. The molecule has 0 aliphatic heterocycles. The summed E-state index contributed by atoms with van der Waals surface area (Å²) in [7, 11) is 0. The Balaban J connectivity index is 0. The van der Waals surface area contributed by atoms with Gasteiger partial charge in [0, 0.05) is 6.42 Å². The molecule has 0 aromatic rings. The van der Waals surface area contributed by atoms with E-state index in [4.69, 9.17) is 9.47 Å². The van der Waals surface area contributed by atoms with E-state index in [1.165, 1.54) is 34.6 Å². The molecule has 2 bridgehead atoms. The Kier molecular flexibility index (Phi) is 26.8. The highest BCUT2D eigenvalue weighted by atomic mass is 19.4. The standard InChI is InChI=1S/C17H24F6O3.C15H27F3O3.C12H18F6O3.C10H17F3O2/c1-8-9(2)11-6-10(8)7-14(11,5)12(24)26-13(3,4)15(25,16(18,19)20)17(21,22)23;1-7-13(4,5)12(19)21-11(8-10(2)3)9-14(6,20)15(16,17)18;1-6-8(2,3)7(19)21-9(4,5)10(20,11(13,14)15)12(16,17)18;1-5-9(4,10(11,12)13)8(14)15-6-7(2)3/h8-11,25H,6-7H2,1-5H3;10-11,20H,7-9H2,1-6H3;20H,6H2,1-5H3;7H,5-6H2,1-4H3. The molecular weight excluding hydrogens is 1170 g/mol. The van der Waals surface area contributed by atoms with Crippen molar-refractivity contribution in [1.29, 1.82) is 0 Å². The molecule has 29 heteroatoms. The third kappa shape index (κ3) is 18.8. The molecular formula is C54H86F18O11. The molecule has 0 spiro atoms. The van der Waals surface area contributed by atoms with Crippen LogP contribution in [0.5, 0.6) is 0 Å². The van der Waals surface area contributed by atoms with Gasteiger partial charge in [0.15, 0.2) is 22.2 Å². The average Bonchev–Trinajstić information content (AvgIpc) is 3.78. The fourth-order valence-corrected chi connectivity index (χ4v) is 8.86. The van der Waals surface area contributed by atoms with Crippen LogP contribution in [0, 0.1) is 57.2 Å². The Morgan fingerprint density at radius 3 is 1.18 bits per heavy atom. The molecule has 0 amide bonds. The number of carbonyl (C=O) groups is 4. The highest BCUT2D eigenvalue weighted by molar-refractivity contribution is 5.79. The summed E-state index contributed by atoms with van der Waals surface area (Å²) in [5, 5.41) is 28.4. The van der Waals surface area contributed by atoms with Crippen molar-refractivity contribution in [3.05, 3.63) is 0 Å². The van der Waals surface area contributed by atoms with Crippen LogP contribution in [0.1, 0.15) is 183 Å². The second-order valence-electron chi connectivity index (χ2n) is 25.4. The van der Waals surface area contributed by atoms with Crippen LogP contribution < -0.4 is 0 Å². The second kappa shape index (κ2) is 27.3. The maximum Gasteiger partial charge on any atom is 0.430 e. The van der Waals surface area contributed by atoms with Crippen LogP contribution in [0.25, 0.3) is 0 Å². The van der Waals surface area contributed by atoms with Gasteiger partial charge >= 0.3 is 60.9 Å². The van der Waals surface area contributed by atoms with Crippen molar-refractivity contribution in [2.75, 3.05) is 6.61 Å². The number of aliphatic hydroxyl groups is 3. The number of fused-ring (bicyclic) bond motifs is 2. The van der Waals surface area contributed by atoms with Gasteiger partial charge in [0.1, 0.15) is 6.10 Å². The average molecular weight is 1250 g/mol. The number of ether oxygens (including phenoxy) is 4. The van der Waals surface area contributed by atoms with Gasteiger partial charge in [0.05, 0.1) is 22.9 Å². The van der Waals surface area contributed by atoms with Crippen LogP contribution in [0.3, 0.4) is 0 Å². The molecule has 0 aromatic carbocycles. The zero-order chi connectivity index (χ0) is 67.3. The summed E-state index contributed by atoms with van der Waals surface area (Å²) < 4.78 is 250. The molecule has 2 fully saturated rings. The fraction of sp³-hybridized carbons (Fsp3) is 0.926. The zero-order valence-corrected chi connectivity index (χ0v) is 50.6. The lowest BCUT2D eigenvalue weighted by molar-refractivity contribution is -0.409. The predicted molar refractivity (Wildman–Crippen MR) is 266 cm³/mol. The van der Waals surface area contributed by atoms with Gasteiger partial charge in [-0.3, -0.25) is 19.2 Å². The Hall–Kier alpha value is -3.50. The molecule has 2 aliphatic carbocycles. The number of rotatable bonds is 18. The molecule has 83 heavy (non-hydrogen) atoms. The molecule has 8 unspecified atom stereocenters. The first-order valence-electron chi connectivity index (χ1n) is 26.6.